The van der Waals surface area contributed by atoms with E-state index < -0.39 is 17.5 Å². The van der Waals surface area contributed by atoms with Crippen LogP contribution in [0.4, 0.5) is 20.2 Å². The second-order valence-corrected chi connectivity index (χ2v) is 5.19. The molecule has 0 aliphatic carbocycles. The van der Waals surface area contributed by atoms with Crippen molar-refractivity contribution in [3.05, 3.63) is 83.9 Å². The molecule has 0 saturated carbocycles. The van der Waals surface area contributed by atoms with Crippen LogP contribution < -0.4 is 10.6 Å². The molecular weight excluding hydrogens is 326 g/mol. The first-order valence-corrected chi connectivity index (χ1v) is 7.47. The molecule has 0 bridgehead atoms. The van der Waals surface area contributed by atoms with Crippen LogP contribution in [0.15, 0.2) is 61.1 Å². The number of halogens is 2. The Labute approximate surface area is 142 Å². The van der Waals surface area contributed by atoms with Crippen molar-refractivity contribution in [2.75, 3.05) is 5.32 Å². The fourth-order valence-electron chi connectivity index (χ4n) is 2.17. The van der Waals surface area contributed by atoms with Gasteiger partial charge in [-0.1, -0.05) is 6.07 Å². The first-order chi connectivity index (χ1) is 12.1. The Morgan fingerprint density at radius 3 is 2.44 bits per heavy atom. The number of nitrogens with one attached hydrogen (secondary N) is 2. The van der Waals surface area contributed by atoms with Crippen LogP contribution in [0.25, 0.3) is 0 Å². The predicted molar refractivity (Wildman–Crippen MR) is 89.3 cm³/mol. The number of nitrogens with zero attached hydrogens (tertiary/aromatic N) is 2. The maximum Gasteiger partial charge on any atom is 0.270 e. The zero-order valence-corrected chi connectivity index (χ0v) is 13.0. The van der Waals surface area contributed by atoms with Crippen molar-refractivity contribution in [1.82, 2.24) is 15.3 Å². The maximum atomic E-state index is 13.7. The van der Waals surface area contributed by atoms with Gasteiger partial charge in [0.2, 0.25) is 0 Å². The minimum Gasteiger partial charge on any atom is -0.351 e. The molecule has 2 heterocycles. The molecule has 126 valence electrons. The van der Waals surface area contributed by atoms with E-state index in [1.807, 2.05) is 0 Å². The van der Waals surface area contributed by atoms with Crippen molar-refractivity contribution in [2.24, 2.45) is 0 Å². The smallest absolute Gasteiger partial charge is 0.270 e. The van der Waals surface area contributed by atoms with Crippen molar-refractivity contribution in [3.63, 3.8) is 0 Å². The van der Waals surface area contributed by atoms with Gasteiger partial charge >= 0.3 is 0 Å². The van der Waals surface area contributed by atoms with Gasteiger partial charge in [0.25, 0.3) is 5.91 Å². The number of aromatic nitrogens is 2. The summed E-state index contributed by atoms with van der Waals surface area (Å²) in [6, 6.07) is 10.1. The van der Waals surface area contributed by atoms with Crippen molar-refractivity contribution in [3.8, 4) is 0 Å². The van der Waals surface area contributed by atoms with E-state index in [1.54, 1.807) is 24.5 Å². The number of pyridine rings is 2. The molecule has 0 unspecified atom stereocenters. The van der Waals surface area contributed by atoms with Gasteiger partial charge in [0.05, 0.1) is 0 Å². The Hall–Kier alpha value is -3.35. The highest BCUT2D eigenvalue weighted by Gasteiger charge is 2.11. The fraction of sp³-hybridized carbons (Fsp3) is 0.0556. The lowest BCUT2D eigenvalue weighted by Crippen LogP contribution is -2.23. The molecule has 0 atom stereocenters. The molecule has 1 aromatic carbocycles. The minimum absolute atomic E-state index is 0.135. The van der Waals surface area contributed by atoms with Gasteiger partial charge in [-0.3, -0.25) is 14.8 Å². The number of hydrogen-bond acceptors (Lipinski definition) is 4. The molecule has 0 spiro atoms. The Morgan fingerprint density at radius 1 is 1.00 bits per heavy atom. The Morgan fingerprint density at radius 2 is 1.72 bits per heavy atom. The molecule has 3 aromatic rings. The van der Waals surface area contributed by atoms with E-state index in [9.17, 15) is 13.6 Å². The molecule has 0 aliphatic heterocycles. The van der Waals surface area contributed by atoms with Crippen LogP contribution in [0.3, 0.4) is 0 Å². The molecule has 0 saturated heterocycles. The van der Waals surface area contributed by atoms with E-state index in [0.29, 0.717) is 12.2 Å². The lowest BCUT2D eigenvalue weighted by Gasteiger charge is -2.10. The fourth-order valence-corrected chi connectivity index (χ4v) is 2.17. The summed E-state index contributed by atoms with van der Waals surface area (Å²) in [5.74, 6) is -1.84. The second-order valence-electron chi connectivity index (χ2n) is 5.19. The summed E-state index contributed by atoms with van der Waals surface area (Å²) in [5.41, 5.74) is 1.10. The van der Waals surface area contributed by atoms with E-state index in [1.165, 1.54) is 24.4 Å². The van der Waals surface area contributed by atoms with Gasteiger partial charge in [0.1, 0.15) is 23.0 Å². The SMILES string of the molecule is O=C(NCc1ccncc1)c1cc(Nc2c(F)cccc2F)ccn1. The highest BCUT2D eigenvalue weighted by Crippen LogP contribution is 2.23. The third-order valence-electron chi connectivity index (χ3n) is 3.43. The van der Waals surface area contributed by atoms with Crippen LogP contribution in [0.5, 0.6) is 0 Å². The average molecular weight is 340 g/mol. The summed E-state index contributed by atoms with van der Waals surface area (Å²) < 4.78 is 27.4. The monoisotopic (exact) mass is 340 g/mol. The van der Waals surface area contributed by atoms with Gasteiger partial charge < -0.3 is 10.6 Å². The summed E-state index contributed by atoms with van der Waals surface area (Å²) in [4.78, 5) is 20.1. The molecule has 2 N–H and O–H groups in total. The highest BCUT2D eigenvalue weighted by molar-refractivity contribution is 5.93. The zero-order valence-electron chi connectivity index (χ0n) is 13.0. The molecule has 2 aromatic heterocycles. The molecule has 0 fully saturated rings. The zero-order chi connectivity index (χ0) is 17.6. The Bertz CT molecular complexity index is 867. The molecule has 0 aliphatic rings. The summed E-state index contributed by atoms with van der Waals surface area (Å²) in [5, 5.41) is 5.36. The third-order valence-corrected chi connectivity index (χ3v) is 3.43. The maximum absolute atomic E-state index is 13.7. The molecule has 3 rings (SSSR count). The first kappa shape index (κ1) is 16.5. The molecule has 1 amide bonds. The summed E-state index contributed by atoms with van der Waals surface area (Å²) in [7, 11) is 0. The number of anilines is 2. The van der Waals surface area contributed by atoms with E-state index in [-0.39, 0.29) is 11.4 Å². The number of amides is 1. The summed E-state index contributed by atoms with van der Waals surface area (Å²) in [6.45, 7) is 0.322. The summed E-state index contributed by atoms with van der Waals surface area (Å²) in [6.07, 6.45) is 4.66. The molecular formula is C18H14F2N4O. The quantitative estimate of drug-likeness (QED) is 0.747. The molecule has 0 radical (unpaired) electrons. The van der Waals surface area contributed by atoms with E-state index >= 15 is 0 Å². The van der Waals surface area contributed by atoms with Crippen LogP contribution >= 0.6 is 0 Å². The van der Waals surface area contributed by atoms with Crippen molar-refractivity contribution in [1.29, 1.82) is 0 Å². The highest BCUT2D eigenvalue weighted by atomic mass is 19.1. The van der Waals surface area contributed by atoms with Crippen molar-refractivity contribution in [2.45, 2.75) is 6.54 Å². The van der Waals surface area contributed by atoms with Gasteiger partial charge in [-0.15, -0.1) is 0 Å². The topological polar surface area (TPSA) is 66.9 Å². The largest absolute Gasteiger partial charge is 0.351 e. The van der Waals surface area contributed by atoms with Crippen LogP contribution in [0.1, 0.15) is 16.1 Å². The van der Waals surface area contributed by atoms with E-state index in [0.717, 1.165) is 17.7 Å². The van der Waals surface area contributed by atoms with Crippen LogP contribution in [-0.2, 0) is 6.54 Å². The minimum atomic E-state index is -0.722. The normalized spacial score (nSPS) is 10.3. The second kappa shape index (κ2) is 7.48. The van der Waals surface area contributed by atoms with Crippen molar-refractivity contribution >= 4 is 17.3 Å². The number of benzene rings is 1. The lowest BCUT2D eigenvalue weighted by atomic mass is 10.2. The van der Waals surface area contributed by atoms with Gasteiger partial charge in [-0.25, -0.2) is 8.78 Å². The number of hydrogen-bond donors (Lipinski definition) is 2. The standard InChI is InChI=1S/C18H14F2N4O/c19-14-2-1-3-15(20)17(14)24-13-6-9-22-16(10-13)18(25)23-11-12-4-7-21-8-5-12/h1-10H,11H2,(H,22,24)(H,23,25). The molecule has 7 heteroatoms. The van der Waals surface area contributed by atoms with E-state index in [4.69, 9.17) is 0 Å². The number of para-hydroxylation sites is 1. The molecule has 25 heavy (non-hydrogen) atoms. The number of carbonyl (C=O) groups excluding carboxylic acids is 1. The van der Waals surface area contributed by atoms with Crippen LogP contribution in [0, 0.1) is 11.6 Å². The Balaban J connectivity index is 1.72. The van der Waals surface area contributed by atoms with Crippen LogP contribution in [-0.4, -0.2) is 15.9 Å². The number of carbonyl (C=O) groups is 1. The van der Waals surface area contributed by atoms with Gasteiger partial charge in [0.15, 0.2) is 0 Å². The van der Waals surface area contributed by atoms with Crippen molar-refractivity contribution < 1.29 is 13.6 Å². The Kier molecular flexibility index (Phi) is 4.94. The molecule has 5 nitrogen and oxygen atoms in total. The number of rotatable bonds is 5. The van der Waals surface area contributed by atoms with Gasteiger partial charge in [-0.2, -0.15) is 0 Å². The average Bonchev–Trinajstić information content (AvgIpc) is 2.64. The predicted octanol–water partition coefficient (Wildman–Crippen LogP) is 3.43. The summed E-state index contributed by atoms with van der Waals surface area (Å²) >= 11 is 0. The third kappa shape index (κ3) is 4.14. The first-order valence-electron chi connectivity index (χ1n) is 7.47. The van der Waals surface area contributed by atoms with E-state index in [2.05, 4.69) is 20.6 Å². The van der Waals surface area contributed by atoms with Gasteiger partial charge in [0, 0.05) is 30.8 Å². The van der Waals surface area contributed by atoms with Crippen LogP contribution in [0.2, 0.25) is 0 Å². The lowest BCUT2D eigenvalue weighted by molar-refractivity contribution is 0.0946. The van der Waals surface area contributed by atoms with Gasteiger partial charge in [-0.05, 0) is 42.0 Å².